The number of methoxy groups -OCH3 is 2. The highest BCUT2D eigenvalue weighted by Gasteiger charge is 2.06. The second-order valence-electron chi connectivity index (χ2n) is 7.14. The van der Waals surface area contributed by atoms with Crippen molar-refractivity contribution in [1.29, 1.82) is 0 Å². The SMILES string of the molecule is COCOc1ccc(C=CC=CC(=O)NC/C=C(\C)CCC=C(C)C)cc1OCOC. The molecule has 1 aromatic rings. The van der Waals surface area contributed by atoms with E-state index in [1.165, 1.54) is 17.2 Å². The van der Waals surface area contributed by atoms with Gasteiger partial charge >= 0.3 is 0 Å². The van der Waals surface area contributed by atoms with E-state index in [2.05, 4.69) is 38.2 Å². The average molecular weight is 430 g/mol. The first kappa shape index (κ1) is 26.2. The number of carbonyl (C=O) groups is 1. The molecule has 0 aliphatic heterocycles. The molecule has 170 valence electrons. The lowest BCUT2D eigenvalue weighted by atomic mass is 10.1. The fraction of sp³-hybridized carbons (Fsp3) is 0.400. The standard InChI is InChI=1S/C25H35NO5/c1-20(2)9-8-10-21(3)15-16-26-25(27)12-7-6-11-22-13-14-23(30-18-28-4)24(17-22)31-19-29-5/h6-7,9,11-15,17H,8,10,16,18-19H2,1-5H3,(H,26,27)/b11-6?,12-7?,21-15+. The van der Waals surface area contributed by atoms with E-state index in [-0.39, 0.29) is 19.5 Å². The molecule has 0 aliphatic rings. The van der Waals surface area contributed by atoms with Crippen LogP contribution < -0.4 is 14.8 Å². The lowest BCUT2D eigenvalue weighted by Crippen LogP contribution is -2.20. The van der Waals surface area contributed by atoms with Crippen LogP contribution in [0.5, 0.6) is 11.5 Å². The Hall–Kier alpha value is -2.83. The third-order valence-corrected chi connectivity index (χ3v) is 4.10. The Morgan fingerprint density at radius 3 is 2.35 bits per heavy atom. The number of nitrogens with one attached hydrogen (secondary N) is 1. The number of amides is 1. The maximum atomic E-state index is 11.9. The van der Waals surface area contributed by atoms with Crippen LogP contribution in [0, 0.1) is 0 Å². The van der Waals surface area contributed by atoms with Crippen molar-refractivity contribution in [2.24, 2.45) is 0 Å². The molecule has 0 aliphatic carbocycles. The van der Waals surface area contributed by atoms with Crippen LogP contribution in [0.4, 0.5) is 0 Å². The van der Waals surface area contributed by atoms with Crippen molar-refractivity contribution < 1.29 is 23.7 Å². The van der Waals surface area contributed by atoms with Gasteiger partial charge in [0.25, 0.3) is 0 Å². The quantitative estimate of drug-likeness (QED) is 0.194. The van der Waals surface area contributed by atoms with Crippen LogP contribution in [0.25, 0.3) is 6.08 Å². The molecule has 1 N–H and O–H groups in total. The van der Waals surface area contributed by atoms with Gasteiger partial charge in [0.1, 0.15) is 0 Å². The third-order valence-electron chi connectivity index (χ3n) is 4.10. The Bertz CT molecular complexity index is 789. The molecule has 0 aromatic heterocycles. The first-order chi connectivity index (χ1) is 15.0. The van der Waals surface area contributed by atoms with Crippen molar-refractivity contribution >= 4 is 12.0 Å². The van der Waals surface area contributed by atoms with Crippen LogP contribution in [-0.4, -0.2) is 40.3 Å². The molecule has 31 heavy (non-hydrogen) atoms. The van der Waals surface area contributed by atoms with Gasteiger partial charge in [0.2, 0.25) is 5.91 Å². The highest BCUT2D eigenvalue weighted by molar-refractivity contribution is 5.88. The molecule has 1 amide bonds. The maximum Gasteiger partial charge on any atom is 0.244 e. The summed E-state index contributed by atoms with van der Waals surface area (Å²) in [6, 6.07) is 5.52. The monoisotopic (exact) mass is 429 g/mol. The Labute approximate surface area is 186 Å². The first-order valence-electron chi connectivity index (χ1n) is 10.2. The fourth-order valence-corrected chi connectivity index (χ4v) is 2.49. The minimum atomic E-state index is -0.134. The van der Waals surface area contributed by atoms with Crippen LogP contribution >= 0.6 is 0 Å². The van der Waals surface area contributed by atoms with Gasteiger partial charge in [-0.15, -0.1) is 0 Å². The van der Waals surface area contributed by atoms with Crippen LogP contribution in [0.1, 0.15) is 39.2 Å². The Kier molecular flexibility index (Phi) is 13.5. The van der Waals surface area contributed by atoms with Crippen molar-refractivity contribution in [3.05, 3.63) is 65.3 Å². The minimum absolute atomic E-state index is 0.111. The second kappa shape index (κ2) is 15.9. The number of ether oxygens (including phenoxy) is 4. The zero-order valence-electron chi connectivity index (χ0n) is 19.3. The molecule has 1 rings (SSSR count). The topological polar surface area (TPSA) is 66.0 Å². The van der Waals surface area contributed by atoms with Crippen molar-refractivity contribution in [3.8, 4) is 11.5 Å². The van der Waals surface area contributed by atoms with Gasteiger partial charge in [-0.3, -0.25) is 4.79 Å². The molecule has 0 saturated carbocycles. The molecule has 0 radical (unpaired) electrons. The highest BCUT2D eigenvalue weighted by Crippen LogP contribution is 2.29. The summed E-state index contributed by atoms with van der Waals surface area (Å²) in [4.78, 5) is 11.9. The second-order valence-corrected chi connectivity index (χ2v) is 7.14. The summed E-state index contributed by atoms with van der Waals surface area (Å²) in [6.45, 7) is 7.04. The van der Waals surface area contributed by atoms with Crippen LogP contribution in [-0.2, 0) is 14.3 Å². The third kappa shape index (κ3) is 12.5. The van der Waals surface area contributed by atoms with E-state index in [9.17, 15) is 4.79 Å². The van der Waals surface area contributed by atoms with Crippen LogP contribution in [0.2, 0.25) is 0 Å². The predicted octanol–water partition coefficient (Wildman–Crippen LogP) is 5.03. The van der Waals surface area contributed by atoms with E-state index in [0.717, 1.165) is 18.4 Å². The van der Waals surface area contributed by atoms with Gasteiger partial charge in [0.15, 0.2) is 25.1 Å². The molecule has 1 aromatic carbocycles. The van der Waals surface area contributed by atoms with E-state index in [0.29, 0.717) is 18.0 Å². The molecule has 0 heterocycles. The number of carbonyl (C=O) groups excluding carboxylic acids is 1. The van der Waals surface area contributed by atoms with Gasteiger partial charge in [-0.1, -0.05) is 47.6 Å². The normalized spacial score (nSPS) is 11.7. The van der Waals surface area contributed by atoms with E-state index < -0.39 is 0 Å². The van der Waals surface area contributed by atoms with Crippen LogP contribution in [0.3, 0.4) is 0 Å². The molecule has 6 nitrogen and oxygen atoms in total. The molecule has 0 spiro atoms. The number of rotatable bonds is 14. The Morgan fingerprint density at radius 1 is 0.968 bits per heavy atom. The summed E-state index contributed by atoms with van der Waals surface area (Å²) in [7, 11) is 3.11. The number of allylic oxidation sites excluding steroid dienone is 5. The molecular formula is C25H35NO5. The molecular weight excluding hydrogens is 394 g/mol. The molecule has 0 saturated heterocycles. The van der Waals surface area contributed by atoms with E-state index in [4.69, 9.17) is 18.9 Å². The van der Waals surface area contributed by atoms with Crippen molar-refractivity contribution in [3.63, 3.8) is 0 Å². The number of hydrogen-bond donors (Lipinski definition) is 1. The molecule has 0 atom stereocenters. The zero-order valence-corrected chi connectivity index (χ0v) is 19.3. The van der Waals surface area contributed by atoms with E-state index >= 15 is 0 Å². The number of hydrogen-bond acceptors (Lipinski definition) is 5. The first-order valence-corrected chi connectivity index (χ1v) is 10.2. The molecule has 6 heteroatoms. The van der Waals surface area contributed by atoms with Gasteiger partial charge in [0.05, 0.1) is 0 Å². The summed E-state index contributed by atoms with van der Waals surface area (Å²) < 4.78 is 20.9. The van der Waals surface area contributed by atoms with Crippen molar-refractivity contribution in [2.45, 2.75) is 33.6 Å². The summed E-state index contributed by atoms with van der Waals surface area (Å²) in [6.07, 6.45) is 13.2. The summed E-state index contributed by atoms with van der Waals surface area (Å²) >= 11 is 0. The highest BCUT2D eigenvalue weighted by atomic mass is 16.7. The van der Waals surface area contributed by atoms with Gasteiger partial charge in [-0.05, 0) is 51.3 Å². The van der Waals surface area contributed by atoms with Gasteiger partial charge in [-0.25, -0.2) is 0 Å². The average Bonchev–Trinajstić information content (AvgIpc) is 2.74. The number of benzene rings is 1. The minimum Gasteiger partial charge on any atom is -0.464 e. The van der Waals surface area contributed by atoms with E-state index in [1.54, 1.807) is 32.4 Å². The smallest absolute Gasteiger partial charge is 0.244 e. The fourth-order valence-electron chi connectivity index (χ4n) is 2.49. The lowest BCUT2D eigenvalue weighted by Gasteiger charge is -2.12. The predicted molar refractivity (Wildman–Crippen MR) is 125 cm³/mol. The molecule has 0 bridgehead atoms. The Morgan fingerprint density at radius 2 is 1.68 bits per heavy atom. The van der Waals surface area contributed by atoms with Crippen molar-refractivity contribution in [2.75, 3.05) is 34.4 Å². The van der Waals surface area contributed by atoms with Gasteiger partial charge in [0, 0.05) is 26.8 Å². The van der Waals surface area contributed by atoms with Crippen LogP contribution in [0.15, 0.2) is 59.7 Å². The van der Waals surface area contributed by atoms with E-state index in [1.807, 2.05) is 18.2 Å². The molecule has 0 unspecified atom stereocenters. The summed E-state index contributed by atoms with van der Waals surface area (Å²) in [5.74, 6) is 0.982. The largest absolute Gasteiger partial charge is 0.464 e. The van der Waals surface area contributed by atoms with Gasteiger partial charge < -0.3 is 24.3 Å². The van der Waals surface area contributed by atoms with Crippen molar-refractivity contribution in [1.82, 2.24) is 5.32 Å². The van der Waals surface area contributed by atoms with Gasteiger partial charge in [-0.2, -0.15) is 0 Å². The lowest BCUT2D eigenvalue weighted by molar-refractivity contribution is -0.116. The summed E-state index contributed by atoms with van der Waals surface area (Å²) in [5.41, 5.74) is 3.50. The zero-order chi connectivity index (χ0) is 22.9. The summed E-state index contributed by atoms with van der Waals surface area (Å²) in [5, 5.41) is 2.86. The molecule has 0 fully saturated rings. The Balaban J connectivity index is 2.54. The maximum absolute atomic E-state index is 11.9.